The monoisotopic (exact) mass is 348 g/mol. The maximum absolute atomic E-state index is 9.15. The van der Waals surface area contributed by atoms with E-state index in [1.165, 1.54) is 15.6 Å². The molecule has 0 bridgehead atoms. The molecule has 5 nitrogen and oxygen atoms in total. The Kier molecular flexibility index (Phi) is 5.37. The Morgan fingerprint density at radius 1 is 1.29 bits per heavy atom. The van der Waals surface area contributed by atoms with Crippen molar-refractivity contribution in [1.82, 2.24) is 19.7 Å². The molecular weight excluding hydrogens is 320 g/mol. The zero-order valence-electron chi connectivity index (χ0n) is 14.9. The molecule has 3 heterocycles. The molecule has 0 amide bonds. The average molecular weight is 349 g/mol. The Balaban J connectivity index is 1.55. The summed E-state index contributed by atoms with van der Waals surface area (Å²) in [5.74, 6) is 0.557. The molecule has 0 spiro atoms. The molecular formula is C18H28N4OS. The van der Waals surface area contributed by atoms with E-state index in [2.05, 4.69) is 41.8 Å². The first-order valence-electron chi connectivity index (χ1n) is 8.77. The van der Waals surface area contributed by atoms with Crippen molar-refractivity contribution in [3.63, 3.8) is 0 Å². The average Bonchev–Trinajstić information content (AvgIpc) is 3.18. The highest BCUT2D eigenvalue weighted by atomic mass is 32.1. The van der Waals surface area contributed by atoms with Crippen molar-refractivity contribution in [3.05, 3.63) is 34.0 Å². The third-order valence-corrected chi connectivity index (χ3v) is 6.05. The van der Waals surface area contributed by atoms with Crippen molar-refractivity contribution in [1.29, 1.82) is 0 Å². The van der Waals surface area contributed by atoms with Crippen LogP contribution in [0.1, 0.15) is 55.1 Å². The SMILES string of the molecule is CC(C)(C)c1ncc(CN2CCC(c3ccnn3CCO)CC2)s1. The fourth-order valence-corrected chi connectivity index (χ4v) is 4.32. The molecule has 1 aliphatic rings. The summed E-state index contributed by atoms with van der Waals surface area (Å²) in [5.41, 5.74) is 1.41. The minimum absolute atomic E-state index is 0.140. The number of piperidine rings is 1. The minimum atomic E-state index is 0.140. The standard InChI is InChI=1S/C18H28N4OS/c1-18(2,3)17-19-12-15(24-17)13-21-8-5-14(6-9-21)16-4-7-20-22(16)10-11-23/h4,7,12,14,23H,5-6,8-11,13H2,1-3H3. The van der Waals surface area contributed by atoms with E-state index in [1.54, 1.807) is 0 Å². The fraction of sp³-hybridized carbons (Fsp3) is 0.667. The van der Waals surface area contributed by atoms with E-state index in [4.69, 9.17) is 5.11 Å². The largest absolute Gasteiger partial charge is 0.394 e. The zero-order chi connectivity index (χ0) is 17.2. The molecule has 1 aliphatic heterocycles. The summed E-state index contributed by atoms with van der Waals surface area (Å²) < 4.78 is 1.96. The van der Waals surface area contributed by atoms with Gasteiger partial charge in [0, 0.05) is 40.8 Å². The van der Waals surface area contributed by atoms with E-state index in [0.717, 1.165) is 32.5 Å². The van der Waals surface area contributed by atoms with Gasteiger partial charge in [-0.15, -0.1) is 11.3 Å². The Labute approximate surface area is 148 Å². The Hall–Kier alpha value is -1.24. The summed E-state index contributed by atoms with van der Waals surface area (Å²) >= 11 is 1.85. The lowest BCUT2D eigenvalue weighted by Crippen LogP contribution is -2.33. The summed E-state index contributed by atoms with van der Waals surface area (Å²) in [6.07, 6.45) is 6.21. The van der Waals surface area contributed by atoms with Crippen LogP contribution in [0.3, 0.4) is 0 Å². The molecule has 0 saturated carbocycles. The first-order valence-corrected chi connectivity index (χ1v) is 9.59. The highest BCUT2D eigenvalue weighted by molar-refractivity contribution is 7.11. The molecule has 0 atom stereocenters. The third kappa shape index (κ3) is 4.05. The first-order chi connectivity index (χ1) is 11.5. The zero-order valence-corrected chi connectivity index (χ0v) is 15.7. The van der Waals surface area contributed by atoms with Crippen LogP contribution in [-0.2, 0) is 18.5 Å². The summed E-state index contributed by atoms with van der Waals surface area (Å²) in [6.45, 7) is 10.6. The van der Waals surface area contributed by atoms with Crippen molar-refractivity contribution in [2.45, 2.75) is 58.0 Å². The lowest BCUT2D eigenvalue weighted by molar-refractivity contribution is 0.200. The van der Waals surface area contributed by atoms with Gasteiger partial charge in [-0.2, -0.15) is 5.10 Å². The van der Waals surface area contributed by atoms with Crippen molar-refractivity contribution >= 4 is 11.3 Å². The third-order valence-electron chi connectivity index (χ3n) is 4.64. The molecule has 24 heavy (non-hydrogen) atoms. The highest BCUT2D eigenvalue weighted by Crippen LogP contribution is 2.31. The maximum Gasteiger partial charge on any atom is 0.0981 e. The first kappa shape index (κ1) is 17.6. The number of aliphatic hydroxyl groups is 1. The van der Waals surface area contributed by atoms with Crippen LogP contribution in [0.5, 0.6) is 0 Å². The van der Waals surface area contributed by atoms with Crippen molar-refractivity contribution < 1.29 is 5.11 Å². The van der Waals surface area contributed by atoms with E-state index in [9.17, 15) is 0 Å². The molecule has 132 valence electrons. The predicted octanol–water partition coefficient (Wildman–Crippen LogP) is 3.01. The summed E-state index contributed by atoms with van der Waals surface area (Å²) in [5, 5.41) is 14.7. The van der Waals surface area contributed by atoms with E-state index in [0.29, 0.717) is 12.5 Å². The number of thiazole rings is 1. The second-order valence-electron chi connectivity index (χ2n) is 7.63. The van der Waals surface area contributed by atoms with Crippen LogP contribution in [0.2, 0.25) is 0 Å². The van der Waals surface area contributed by atoms with Gasteiger partial charge in [0.15, 0.2) is 0 Å². The molecule has 0 aromatic carbocycles. The van der Waals surface area contributed by atoms with Crippen LogP contribution in [-0.4, -0.2) is 44.5 Å². The summed E-state index contributed by atoms with van der Waals surface area (Å²) in [7, 11) is 0. The second-order valence-corrected chi connectivity index (χ2v) is 8.75. The number of aliphatic hydroxyl groups excluding tert-OH is 1. The van der Waals surface area contributed by atoms with E-state index in [1.807, 2.05) is 28.4 Å². The maximum atomic E-state index is 9.15. The van der Waals surface area contributed by atoms with Gasteiger partial charge in [-0.1, -0.05) is 20.8 Å². The smallest absolute Gasteiger partial charge is 0.0981 e. The van der Waals surface area contributed by atoms with Gasteiger partial charge in [-0.05, 0) is 32.0 Å². The second kappa shape index (κ2) is 7.33. The van der Waals surface area contributed by atoms with E-state index < -0.39 is 0 Å². The van der Waals surface area contributed by atoms with E-state index >= 15 is 0 Å². The molecule has 1 N–H and O–H groups in total. The molecule has 0 unspecified atom stereocenters. The number of hydrogen-bond donors (Lipinski definition) is 1. The molecule has 2 aromatic rings. The molecule has 0 radical (unpaired) electrons. The van der Waals surface area contributed by atoms with Crippen LogP contribution in [0.15, 0.2) is 18.5 Å². The van der Waals surface area contributed by atoms with Crippen LogP contribution < -0.4 is 0 Å². The molecule has 2 aromatic heterocycles. The van der Waals surface area contributed by atoms with Gasteiger partial charge in [-0.3, -0.25) is 9.58 Å². The highest BCUT2D eigenvalue weighted by Gasteiger charge is 2.24. The van der Waals surface area contributed by atoms with Gasteiger partial charge in [0.2, 0.25) is 0 Å². The summed E-state index contributed by atoms with van der Waals surface area (Å²) in [6, 6.07) is 2.11. The van der Waals surface area contributed by atoms with Crippen LogP contribution in [0.4, 0.5) is 0 Å². The van der Waals surface area contributed by atoms with Gasteiger partial charge >= 0.3 is 0 Å². The fourth-order valence-electron chi connectivity index (χ4n) is 3.31. The van der Waals surface area contributed by atoms with Gasteiger partial charge in [0.25, 0.3) is 0 Å². The molecule has 1 saturated heterocycles. The van der Waals surface area contributed by atoms with Gasteiger partial charge in [0.1, 0.15) is 0 Å². The molecule has 0 aliphatic carbocycles. The minimum Gasteiger partial charge on any atom is -0.394 e. The van der Waals surface area contributed by atoms with Crippen molar-refractivity contribution in [2.75, 3.05) is 19.7 Å². The lowest BCUT2D eigenvalue weighted by Gasteiger charge is -2.31. The van der Waals surface area contributed by atoms with E-state index in [-0.39, 0.29) is 12.0 Å². The topological polar surface area (TPSA) is 54.2 Å². The Morgan fingerprint density at radius 2 is 2.04 bits per heavy atom. The van der Waals surface area contributed by atoms with Crippen molar-refractivity contribution in [3.8, 4) is 0 Å². The quantitative estimate of drug-likeness (QED) is 0.902. The predicted molar refractivity (Wildman–Crippen MR) is 97.4 cm³/mol. The molecule has 6 heteroatoms. The summed E-state index contributed by atoms with van der Waals surface area (Å²) in [4.78, 5) is 8.49. The number of nitrogens with zero attached hydrogens (tertiary/aromatic N) is 4. The van der Waals surface area contributed by atoms with Crippen LogP contribution in [0.25, 0.3) is 0 Å². The van der Waals surface area contributed by atoms with Crippen molar-refractivity contribution in [2.24, 2.45) is 0 Å². The van der Waals surface area contributed by atoms with Gasteiger partial charge in [0.05, 0.1) is 18.2 Å². The number of aromatic nitrogens is 3. The van der Waals surface area contributed by atoms with Crippen LogP contribution >= 0.6 is 11.3 Å². The number of likely N-dealkylation sites (tertiary alicyclic amines) is 1. The Morgan fingerprint density at radius 3 is 2.67 bits per heavy atom. The number of hydrogen-bond acceptors (Lipinski definition) is 5. The number of rotatable bonds is 5. The van der Waals surface area contributed by atoms with Crippen LogP contribution in [0, 0.1) is 0 Å². The van der Waals surface area contributed by atoms with Gasteiger partial charge < -0.3 is 5.11 Å². The van der Waals surface area contributed by atoms with Gasteiger partial charge in [-0.25, -0.2) is 4.98 Å². The molecule has 1 fully saturated rings. The molecule has 3 rings (SSSR count). The lowest BCUT2D eigenvalue weighted by atomic mass is 9.93. The Bertz CT molecular complexity index is 650. The normalized spacial score (nSPS) is 17.5.